The van der Waals surface area contributed by atoms with Gasteiger partial charge in [0.15, 0.2) is 0 Å². The van der Waals surface area contributed by atoms with Crippen LogP contribution in [0.1, 0.15) is 27.2 Å². The van der Waals surface area contributed by atoms with Gasteiger partial charge in [-0.25, -0.2) is 0 Å². The molecule has 0 aromatic heterocycles. The Hall–Kier alpha value is 0.270. The molecular weight excluding hydrogens is 170 g/mol. The normalized spacial score (nSPS) is 39.5. The average molecular weight is 189 g/mol. The van der Waals surface area contributed by atoms with Gasteiger partial charge in [-0.1, -0.05) is 6.92 Å². The third-order valence-electron chi connectivity index (χ3n) is 2.60. The van der Waals surface area contributed by atoms with E-state index in [1.807, 2.05) is 11.8 Å². The van der Waals surface area contributed by atoms with Crippen LogP contribution in [0.4, 0.5) is 0 Å². The summed E-state index contributed by atoms with van der Waals surface area (Å²) in [7, 11) is 1.78. The van der Waals surface area contributed by atoms with E-state index in [4.69, 9.17) is 4.74 Å². The van der Waals surface area contributed by atoms with Gasteiger partial charge in [0, 0.05) is 12.4 Å². The van der Waals surface area contributed by atoms with Crippen molar-refractivity contribution >= 4 is 11.8 Å². The second-order valence-electron chi connectivity index (χ2n) is 3.63. The molecule has 2 nitrogen and oxygen atoms in total. The molecule has 0 aromatic rings. The van der Waals surface area contributed by atoms with E-state index in [1.54, 1.807) is 7.11 Å². The summed E-state index contributed by atoms with van der Waals surface area (Å²) >= 11 is 1.99. The number of ether oxygens (including phenoxy) is 1. The van der Waals surface area contributed by atoms with E-state index in [0.717, 1.165) is 11.8 Å². The first kappa shape index (κ1) is 10.4. The summed E-state index contributed by atoms with van der Waals surface area (Å²) < 4.78 is 5.36. The Kier molecular flexibility index (Phi) is 3.44. The Balaban J connectivity index is 2.56. The molecule has 1 rings (SSSR count). The lowest BCUT2D eigenvalue weighted by atomic mass is 10.2. The molecule has 0 spiro atoms. The van der Waals surface area contributed by atoms with Crippen molar-refractivity contribution < 1.29 is 4.74 Å². The van der Waals surface area contributed by atoms with Crippen molar-refractivity contribution in [1.82, 2.24) is 5.32 Å². The summed E-state index contributed by atoms with van der Waals surface area (Å²) in [5.41, 5.74) is 0. The highest BCUT2D eigenvalue weighted by Crippen LogP contribution is 2.35. The smallest absolute Gasteiger partial charge is 0.0881 e. The zero-order chi connectivity index (χ0) is 9.19. The number of thioether (sulfide) groups is 1. The zero-order valence-electron chi connectivity index (χ0n) is 8.39. The Labute approximate surface area is 79.4 Å². The second kappa shape index (κ2) is 3.99. The van der Waals surface area contributed by atoms with E-state index in [1.165, 1.54) is 6.42 Å². The lowest BCUT2D eigenvalue weighted by molar-refractivity contribution is 0.0744. The molecular formula is C9H19NOS. The minimum atomic E-state index is 0.104. The molecule has 0 saturated carbocycles. The van der Waals surface area contributed by atoms with E-state index < -0.39 is 0 Å². The number of rotatable bonds is 2. The van der Waals surface area contributed by atoms with Crippen LogP contribution in [-0.2, 0) is 4.74 Å². The molecule has 1 heterocycles. The monoisotopic (exact) mass is 189 g/mol. The van der Waals surface area contributed by atoms with Crippen molar-refractivity contribution in [2.75, 3.05) is 13.7 Å². The van der Waals surface area contributed by atoms with Gasteiger partial charge in [0.05, 0.1) is 11.0 Å². The summed E-state index contributed by atoms with van der Waals surface area (Å²) in [5.74, 6) is 0. The Morgan fingerprint density at radius 3 is 2.83 bits per heavy atom. The first-order chi connectivity index (χ1) is 5.58. The minimum Gasteiger partial charge on any atom is -0.379 e. The van der Waals surface area contributed by atoms with Crippen LogP contribution in [0.15, 0.2) is 0 Å². The van der Waals surface area contributed by atoms with Gasteiger partial charge >= 0.3 is 0 Å². The van der Waals surface area contributed by atoms with E-state index in [-0.39, 0.29) is 11.0 Å². The maximum absolute atomic E-state index is 5.36. The summed E-state index contributed by atoms with van der Waals surface area (Å²) in [6.07, 6.45) is 1.53. The second-order valence-corrected chi connectivity index (χ2v) is 5.52. The summed E-state index contributed by atoms with van der Waals surface area (Å²) in [4.78, 5) is 0.104. The third kappa shape index (κ3) is 2.15. The molecule has 0 radical (unpaired) electrons. The SMILES string of the molecule is COC(C)C1(C)NCCC(C)S1. The maximum atomic E-state index is 5.36. The van der Waals surface area contributed by atoms with Gasteiger partial charge in [-0.15, -0.1) is 11.8 Å². The zero-order valence-corrected chi connectivity index (χ0v) is 9.20. The standard InChI is InChI=1S/C9H19NOS/c1-7-5-6-10-9(3,12-7)8(2)11-4/h7-8,10H,5-6H2,1-4H3. The molecule has 3 unspecified atom stereocenters. The van der Waals surface area contributed by atoms with Crippen LogP contribution < -0.4 is 5.32 Å². The van der Waals surface area contributed by atoms with Crippen molar-refractivity contribution in [3.8, 4) is 0 Å². The first-order valence-corrected chi connectivity index (χ1v) is 5.42. The van der Waals surface area contributed by atoms with Gasteiger partial charge in [0.1, 0.15) is 0 Å². The molecule has 1 saturated heterocycles. The fourth-order valence-corrected chi connectivity index (χ4v) is 3.05. The lowest BCUT2D eigenvalue weighted by Gasteiger charge is -2.41. The summed E-state index contributed by atoms with van der Waals surface area (Å²) in [6.45, 7) is 7.74. The van der Waals surface area contributed by atoms with Crippen LogP contribution in [0.25, 0.3) is 0 Å². The third-order valence-corrected chi connectivity index (χ3v) is 4.21. The van der Waals surface area contributed by atoms with Gasteiger partial charge in [-0.3, -0.25) is 0 Å². The molecule has 72 valence electrons. The van der Waals surface area contributed by atoms with Crippen molar-refractivity contribution in [3.05, 3.63) is 0 Å². The van der Waals surface area contributed by atoms with Crippen molar-refractivity contribution in [1.29, 1.82) is 0 Å². The Bertz CT molecular complexity index is 153. The number of methoxy groups -OCH3 is 1. The quantitative estimate of drug-likeness (QED) is 0.716. The average Bonchev–Trinajstić information content (AvgIpc) is 2.02. The number of hydrogen-bond acceptors (Lipinski definition) is 3. The fourth-order valence-electron chi connectivity index (χ4n) is 1.51. The van der Waals surface area contributed by atoms with E-state index in [9.17, 15) is 0 Å². The van der Waals surface area contributed by atoms with Crippen LogP contribution in [0.3, 0.4) is 0 Å². The highest BCUT2D eigenvalue weighted by molar-refractivity contribution is 8.01. The lowest BCUT2D eigenvalue weighted by Crippen LogP contribution is -2.53. The van der Waals surface area contributed by atoms with Crippen molar-refractivity contribution in [3.63, 3.8) is 0 Å². The van der Waals surface area contributed by atoms with Crippen LogP contribution >= 0.6 is 11.8 Å². The molecule has 0 aromatic carbocycles. The van der Waals surface area contributed by atoms with E-state index in [2.05, 4.69) is 26.1 Å². The Morgan fingerprint density at radius 1 is 1.67 bits per heavy atom. The molecule has 12 heavy (non-hydrogen) atoms. The molecule has 3 heteroatoms. The largest absolute Gasteiger partial charge is 0.379 e. The van der Waals surface area contributed by atoms with Gasteiger partial charge in [0.25, 0.3) is 0 Å². The summed E-state index contributed by atoms with van der Waals surface area (Å²) in [6, 6.07) is 0. The molecule has 3 atom stereocenters. The Morgan fingerprint density at radius 2 is 2.33 bits per heavy atom. The van der Waals surface area contributed by atoms with Gasteiger partial charge in [-0.05, 0) is 26.8 Å². The molecule has 1 fully saturated rings. The van der Waals surface area contributed by atoms with Gasteiger partial charge in [-0.2, -0.15) is 0 Å². The number of nitrogens with one attached hydrogen (secondary N) is 1. The highest BCUT2D eigenvalue weighted by atomic mass is 32.2. The topological polar surface area (TPSA) is 21.3 Å². The molecule has 1 aliphatic rings. The van der Waals surface area contributed by atoms with E-state index >= 15 is 0 Å². The summed E-state index contributed by atoms with van der Waals surface area (Å²) in [5, 5.41) is 4.26. The molecule has 0 bridgehead atoms. The van der Waals surface area contributed by atoms with Crippen LogP contribution in [0, 0.1) is 0 Å². The van der Waals surface area contributed by atoms with Crippen molar-refractivity contribution in [2.45, 2.75) is 43.4 Å². The molecule has 1 aliphatic heterocycles. The minimum absolute atomic E-state index is 0.104. The predicted octanol–water partition coefficient (Wildman–Crippen LogP) is 1.85. The molecule has 0 aliphatic carbocycles. The fraction of sp³-hybridized carbons (Fsp3) is 1.00. The predicted molar refractivity (Wildman–Crippen MR) is 54.5 cm³/mol. The maximum Gasteiger partial charge on any atom is 0.0881 e. The molecule has 0 amide bonds. The van der Waals surface area contributed by atoms with Crippen LogP contribution in [0.5, 0.6) is 0 Å². The van der Waals surface area contributed by atoms with Crippen LogP contribution in [0.2, 0.25) is 0 Å². The highest BCUT2D eigenvalue weighted by Gasteiger charge is 2.35. The van der Waals surface area contributed by atoms with Crippen LogP contribution in [-0.4, -0.2) is 29.9 Å². The van der Waals surface area contributed by atoms with Crippen molar-refractivity contribution in [2.24, 2.45) is 0 Å². The first-order valence-electron chi connectivity index (χ1n) is 4.54. The van der Waals surface area contributed by atoms with Gasteiger partial charge in [0.2, 0.25) is 0 Å². The van der Waals surface area contributed by atoms with E-state index in [0.29, 0.717) is 0 Å². The number of hydrogen-bond donors (Lipinski definition) is 1. The molecule has 1 N–H and O–H groups in total. The van der Waals surface area contributed by atoms with Gasteiger partial charge < -0.3 is 10.1 Å².